The van der Waals surface area contributed by atoms with Crippen LogP contribution in [0.5, 0.6) is 0 Å². The van der Waals surface area contributed by atoms with Crippen molar-refractivity contribution in [2.24, 2.45) is 16.8 Å². The first-order valence-corrected chi connectivity index (χ1v) is 7.67. The van der Waals surface area contributed by atoms with Gasteiger partial charge in [-0.1, -0.05) is 27.7 Å². The Labute approximate surface area is 118 Å². The standard InChI is InChI=1S/C15H31N3O/c1-13(2)12-17-7-5-6-16-8-9-18-10-11-19-15(18)14(3)4/h12-16H,5-11H2,1-4H3/b17-12+. The molecule has 1 heterocycles. The Kier molecular flexibility index (Phi) is 8.26. The molecule has 4 nitrogen and oxygen atoms in total. The van der Waals surface area contributed by atoms with Gasteiger partial charge in [0.15, 0.2) is 0 Å². The molecule has 0 radical (unpaired) electrons. The predicted octanol–water partition coefficient (Wildman–Crippen LogP) is 2.01. The van der Waals surface area contributed by atoms with Crippen molar-refractivity contribution in [1.82, 2.24) is 10.2 Å². The minimum Gasteiger partial charge on any atom is -0.362 e. The molecule has 19 heavy (non-hydrogen) atoms. The van der Waals surface area contributed by atoms with E-state index in [9.17, 15) is 0 Å². The highest BCUT2D eigenvalue weighted by molar-refractivity contribution is 5.59. The van der Waals surface area contributed by atoms with Gasteiger partial charge in [0.2, 0.25) is 0 Å². The van der Waals surface area contributed by atoms with Crippen molar-refractivity contribution in [2.75, 3.05) is 39.3 Å². The number of rotatable bonds is 9. The summed E-state index contributed by atoms with van der Waals surface area (Å²) in [5, 5.41) is 3.49. The van der Waals surface area contributed by atoms with Crippen molar-refractivity contribution in [3.05, 3.63) is 0 Å². The van der Waals surface area contributed by atoms with Crippen molar-refractivity contribution in [1.29, 1.82) is 0 Å². The van der Waals surface area contributed by atoms with Gasteiger partial charge in [-0.15, -0.1) is 0 Å². The van der Waals surface area contributed by atoms with E-state index in [1.165, 1.54) is 0 Å². The third-order valence-electron chi connectivity index (χ3n) is 3.22. The van der Waals surface area contributed by atoms with Crippen molar-refractivity contribution in [3.8, 4) is 0 Å². The number of nitrogens with zero attached hydrogens (tertiary/aromatic N) is 2. The molecule has 0 aromatic heterocycles. The van der Waals surface area contributed by atoms with Gasteiger partial charge in [0.05, 0.1) is 6.61 Å². The number of hydrogen-bond acceptors (Lipinski definition) is 4. The summed E-state index contributed by atoms with van der Waals surface area (Å²) in [5.74, 6) is 1.14. The Morgan fingerprint density at radius 1 is 1.32 bits per heavy atom. The van der Waals surface area contributed by atoms with E-state index >= 15 is 0 Å². The highest BCUT2D eigenvalue weighted by atomic mass is 16.5. The van der Waals surface area contributed by atoms with Crippen LogP contribution < -0.4 is 5.32 Å². The third kappa shape index (κ3) is 7.04. The van der Waals surface area contributed by atoms with Gasteiger partial charge in [0.1, 0.15) is 6.23 Å². The molecule has 0 aromatic carbocycles. The molecule has 1 unspecified atom stereocenters. The number of aliphatic imine (C=N–C) groups is 1. The molecule has 0 aromatic rings. The normalized spacial score (nSPS) is 21.3. The average molecular weight is 269 g/mol. The summed E-state index contributed by atoms with van der Waals surface area (Å²) in [6, 6.07) is 0. The number of ether oxygens (including phenoxy) is 1. The lowest BCUT2D eigenvalue weighted by molar-refractivity contribution is -0.00111. The van der Waals surface area contributed by atoms with E-state index in [-0.39, 0.29) is 0 Å². The van der Waals surface area contributed by atoms with Gasteiger partial charge >= 0.3 is 0 Å². The van der Waals surface area contributed by atoms with Crippen molar-refractivity contribution < 1.29 is 4.74 Å². The van der Waals surface area contributed by atoms with Gasteiger partial charge in [0.25, 0.3) is 0 Å². The molecule has 1 atom stereocenters. The summed E-state index contributed by atoms with van der Waals surface area (Å²) in [5.41, 5.74) is 0. The summed E-state index contributed by atoms with van der Waals surface area (Å²) in [4.78, 5) is 6.82. The maximum Gasteiger partial charge on any atom is 0.113 e. The van der Waals surface area contributed by atoms with Crippen LogP contribution in [-0.4, -0.2) is 56.7 Å². The van der Waals surface area contributed by atoms with E-state index in [2.05, 4.69) is 42.9 Å². The van der Waals surface area contributed by atoms with E-state index in [4.69, 9.17) is 4.74 Å². The van der Waals surface area contributed by atoms with Crippen molar-refractivity contribution >= 4 is 6.21 Å². The molecule has 1 fully saturated rings. The molecule has 0 aliphatic carbocycles. The molecule has 1 N–H and O–H groups in total. The fourth-order valence-corrected chi connectivity index (χ4v) is 2.30. The van der Waals surface area contributed by atoms with Crippen LogP contribution in [0.25, 0.3) is 0 Å². The quantitative estimate of drug-likeness (QED) is 0.514. The Bertz CT molecular complexity index is 254. The fourth-order valence-electron chi connectivity index (χ4n) is 2.30. The molecule has 1 rings (SSSR count). The zero-order chi connectivity index (χ0) is 14.1. The summed E-state index contributed by atoms with van der Waals surface area (Å²) >= 11 is 0. The fraction of sp³-hybridized carbons (Fsp3) is 0.933. The summed E-state index contributed by atoms with van der Waals surface area (Å²) < 4.78 is 5.74. The Balaban J connectivity index is 1.99. The molecule has 0 spiro atoms. The zero-order valence-electron chi connectivity index (χ0n) is 13.1. The topological polar surface area (TPSA) is 36.9 Å². The van der Waals surface area contributed by atoms with Crippen LogP contribution in [0.1, 0.15) is 34.1 Å². The second-order valence-corrected chi connectivity index (χ2v) is 5.94. The third-order valence-corrected chi connectivity index (χ3v) is 3.22. The Morgan fingerprint density at radius 2 is 2.11 bits per heavy atom. The maximum atomic E-state index is 5.74. The van der Waals surface area contributed by atoms with Gasteiger partial charge in [-0.25, -0.2) is 0 Å². The van der Waals surface area contributed by atoms with Gasteiger partial charge in [0, 0.05) is 32.4 Å². The van der Waals surface area contributed by atoms with Crippen molar-refractivity contribution in [2.45, 2.75) is 40.3 Å². The SMILES string of the molecule is CC(C)/C=N/CCCNCCN1CCOC1C(C)C. The smallest absolute Gasteiger partial charge is 0.113 e. The first kappa shape index (κ1) is 16.6. The molecule has 1 aliphatic heterocycles. The summed E-state index contributed by atoms with van der Waals surface area (Å²) in [6.45, 7) is 14.8. The molecule has 0 bridgehead atoms. The molecular weight excluding hydrogens is 238 g/mol. The first-order valence-electron chi connectivity index (χ1n) is 7.67. The molecule has 4 heteroatoms. The predicted molar refractivity (Wildman–Crippen MR) is 81.8 cm³/mol. The minimum atomic E-state index is 0.317. The van der Waals surface area contributed by atoms with Gasteiger partial charge in [-0.3, -0.25) is 9.89 Å². The van der Waals surface area contributed by atoms with E-state index in [0.717, 1.165) is 45.8 Å². The van der Waals surface area contributed by atoms with E-state index in [0.29, 0.717) is 18.1 Å². The van der Waals surface area contributed by atoms with Gasteiger partial charge in [-0.2, -0.15) is 0 Å². The highest BCUT2D eigenvalue weighted by Crippen LogP contribution is 2.16. The van der Waals surface area contributed by atoms with Crippen LogP contribution in [0.2, 0.25) is 0 Å². The maximum absolute atomic E-state index is 5.74. The minimum absolute atomic E-state index is 0.317. The second-order valence-electron chi connectivity index (χ2n) is 5.94. The summed E-state index contributed by atoms with van der Waals surface area (Å²) in [6.07, 6.45) is 3.47. The van der Waals surface area contributed by atoms with Crippen molar-refractivity contribution in [3.63, 3.8) is 0 Å². The zero-order valence-corrected chi connectivity index (χ0v) is 13.1. The first-order chi connectivity index (χ1) is 9.11. The lowest BCUT2D eigenvalue weighted by Gasteiger charge is -2.25. The van der Waals surface area contributed by atoms with E-state index in [1.54, 1.807) is 0 Å². The Morgan fingerprint density at radius 3 is 2.79 bits per heavy atom. The van der Waals surface area contributed by atoms with E-state index < -0.39 is 0 Å². The Hall–Kier alpha value is -0.450. The van der Waals surface area contributed by atoms with Crippen LogP contribution in [0.15, 0.2) is 4.99 Å². The molecule has 0 saturated carbocycles. The number of nitrogens with one attached hydrogen (secondary N) is 1. The molecular formula is C15H31N3O. The molecule has 0 amide bonds. The highest BCUT2D eigenvalue weighted by Gasteiger charge is 2.26. The number of hydrogen-bond donors (Lipinski definition) is 1. The molecule has 1 saturated heterocycles. The lowest BCUT2D eigenvalue weighted by atomic mass is 10.2. The van der Waals surface area contributed by atoms with Crippen LogP contribution in [-0.2, 0) is 4.74 Å². The molecule has 112 valence electrons. The van der Waals surface area contributed by atoms with Crippen LogP contribution in [0.4, 0.5) is 0 Å². The summed E-state index contributed by atoms with van der Waals surface area (Å²) in [7, 11) is 0. The van der Waals surface area contributed by atoms with Crippen LogP contribution in [0, 0.1) is 11.8 Å². The van der Waals surface area contributed by atoms with Gasteiger partial charge in [-0.05, 0) is 24.8 Å². The molecule has 1 aliphatic rings. The monoisotopic (exact) mass is 269 g/mol. The second kappa shape index (κ2) is 9.45. The lowest BCUT2D eigenvalue weighted by Crippen LogP contribution is -2.39. The van der Waals surface area contributed by atoms with Crippen LogP contribution >= 0.6 is 0 Å². The van der Waals surface area contributed by atoms with Gasteiger partial charge < -0.3 is 10.1 Å². The average Bonchev–Trinajstić information content (AvgIpc) is 2.80. The largest absolute Gasteiger partial charge is 0.362 e. The van der Waals surface area contributed by atoms with Crippen LogP contribution in [0.3, 0.4) is 0 Å². The van der Waals surface area contributed by atoms with E-state index in [1.807, 2.05) is 6.21 Å².